The summed E-state index contributed by atoms with van der Waals surface area (Å²) in [4.78, 5) is 31.6. The molecule has 0 bridgehead atoms. The van der Waals surface area contributed by atoms with Crippen molar-refractivity contribution in [1.82, 2.24) is 14.5 Å². The fraction of sp³-hybridized carbons (Fsp3) is 0.483. The minimum absolute atomic E-state index is 0.112. The number of imidazole rings is 1. The Morgan fingerprint density at radius 3 is 2.45 bits per heavy atom. The number of ether oxygens (including phenoxy) is 3. The number of rotatable bonds is 9. The van der Waals surface area contributed by atoms with Crippen molar-refractivity contribution in [2.24, 2.45) is 5.92 Å². The average molecular weight is 542 g/mol. The number of halogens is 1. The Bertz CT molecular complexity index is 1230. The quantitative estimate of drug-likeness (QED) is 0.232. The largest absolute Gasteiger partial charge is 0.490 e. The number of para-hydroxylation sites is 2. The van der Waals surface area contributed by atoms with Gasteiger partial charge in [-0.15, -0.1) is 0 Å². The highest BCUT2D eigenvalue weighted by Gasteiger charge is 2.27. The molecule has 38 heavy (non-hydrogen) atoms. The van der Waals surface area contributed by atoms with Gasteiger partial charge in [0.2, 0.25) is 5.82 Å². The zero-order valence-corrected chi connectivity index (χ0v) is 23.1. The van der Waals surface area contributed by atoms with Crippen LogP contribution < -0.4 is 4.74 Å². The number of hydrogen-bond acceptors (Lipinski definition) is 6. The molecule has 1 saturated heterocycles. The summed E-state index contributed by atoms with van der Waals surface area (Å²) in [6, 6.07) is 14.8. The predicted molar refractivity (Wildman–Crippen MR) is 147 cm³/mol. The van der Waals surface area contributed by atoms with Crippen LogP contribution in [0.1, 0.15) is 57.1 Å². The minimum atomic E-state index is -0.482. The molecular weight excluding hydrogens is 506 g/mol. The van der Waals surface area contributed by atoms with Crippen LogP contribution >= 0.6 is 11.6 Å². The summed E-state index contributed by atoms with van der Waals surface area (Å²) in [5, 5.41) is 0.633. The number of carbonyl (C=O) groups is 2. The molecule has 2 heterocycles. The number of fused-ring (bicyclic) bond motifs is 1. The Hall–Kier alpha value is -3.26. The second kappa shape index (κ2) is 12.5. The lowest BCUT2D eigenvalue weighted by atomic mass is 9.92. The Balaban J connectivity index is 1.28. The van der Waals surface area contributed by atoms with Gasteiger partial charge in [-0.25, -0.2) is 14.6 Å². The lowest BCUT2D eigenvalue weighted by Gasteiger charge is -2.33. The lowest BCUT2D eigenvalue weighted by molar-refractivity contribution is 0.0180. The van der Waals surface area contributed by atoms with Gasteiger partial charge < -0.3 is 23.7 Å². The Morgan fingerprint density at radius 2 is 1.74 bits per heavy atom. The van der Waals surface area contributed by atoms with Gasteiger partial charge in [0.05, 0.1) is 11.0 Å². The molecule has 1 fully saturated rings. The van der Waals surface area contributed by atoms with Crippen molar-refractivity contribution in [3.8, 4) is 5.75 Å². The van der Waals surface area contributed by atoms with Crippen molar-refractivity contribution in [3.05, 3.63) is 59.4 Å². The van der Waals surface area contributed by atoms with E-state index < -0.39 is 11.6 Å². The van der Waals surface area contributed by atoms with Crippen molar-refractivity contribution in [2.45, 2.75) is 58.6 Å². The minimum Gasteiger partial charge on any atom is -0.490 e. The fourth-order valence-electron chi connectivity index (χ4n) is 4.62. The zero-order valence-electron chi connectivity index (χ0n) is 22.3. The molecule has 1 aliphatic heterocycles. The van der Waals surface area contributed by atoms with E-state index in [1.165, 1.54) is 0 Å². The third-order valence-electron chi connectivity index (χ3n) is 6.50. The molecule has 204 valence electrons. The molecule has 0 saturated carbocycles. The maximum atomic E-state index is 12.9. The van der Waals surface area contributed by atoms with Crippen LogP contribution in [0.25, 0.3) is 11.0 Å². The van der Waals surface area contributed by atoms with E-state index in [9.17, 15) is 9.59 Å². The summed E-state index contributed by atoms with van der Waals surface area (Å²) in [5.41, 5.74) is 1.20. The number of amides is 1. The van der Waals surface area contributed by atoms with Crippen LogP contribution in [0, 0.1) is 5.92 Å². The van der Waals surface area contributed by atoms with Crippen LogP contribution in [0.2, 0.25) is 5.02 Å². The second-order valence-corrected chi connectivity index (χ2v) is 11.0. The molecule has 3 aromatic rings. The first kappa shape index (κ1) is 27.8. The van der Waals surface area contributed by atoms with E-state index in [2.05, 4.69) is 4.98 Å². The summed E-state index contributed by atoms with van der Waals surface area (Å²) in [6.45, 7) is 8.09. The van der Waals surface area contributed by atoms with E-state index in [1.54, 1.807) is 29.2 Å². The van der Waals surface area contributed by atoms with Crippen molar-refractivity contribution >= 4 is 34.7 Å². The second-order valence-electron chi connectivity index (χ2n) is 10.6. The molecule has 4 rings (SSSR count). The molecule has 9 heteroatoms. The summed E-state index contributed by atoms with van der Waals surface area (Å²) in [5.74, 6) is 1.03. The highest BCUT2D eigenvalue weighted by molar-refractivity contribution is 6.30. The van der Waals surface area contributed by atoms with Crippen LogP contribution in [0.4, 0.5) is 4.79 Å². The highest BCUT2D eigenvalue weighted by atomic mass is 35.5. The van der Waals surface area contributed by atoms with E-state index in [4.69, 9.17) is 25.8 Å². The number of benzene rings is 2. The standard InChI is InChI=1S/C29H36ClN3O5/c1-29(2,3)38-28(35)32-17-14-21(15-18-32)7-6-16-33-25-9-5-4-8-24(25)31-26(33)27(34)37-20-19-36-23-12-10-22(30)11-13-23/h4-5,8-13,21H,6-7,14-20H2,1-3H3. The smallest absolute Gasteiger partial charge is 0.410 e. The van der Waals surface area contributed by atoms with Gasteiger partial charge in [-0.05, 0) is 88.8 Å². The lowest BCUT2D eigenvalue weighted by Crippen LogP contribution is -2.41. The van der Waals surface area contributed by atoms with Crippen LogP contribution in [-0.2, 0) is 16.0 Å². The monoisotopic (exact) mass is 541 g/mol. The molecule has 0 N–H and O–H groups in total. The Kier molecular flexibility index (Phi) is 9.15. The molecular formula is C29H36ClN3O5. The molecule has 1 amide bonds. The maximum absolute atomic E-state index is 12.9. The van der Waals surface area contributed by atoms with Crippen molar-refractivity contribution in [1.29, 1.82) is 0 Å². The summed E-state index contributed by atoms with van der Waals surface area (Å²) >= 11 is 5.89. The zero-order chi connectivity index (χ0) is 27.1. The number of likely N-dealkylation sites (tertiary alicyclic amines) is 1. The van der Waals surface area contributed by atoms with Crippen LogP contribution in [-0.4, -0.2) is 58.4 Å². The number of aromatic nitrogens is 2. The molecule has 0 aliphatic carbocycles. The molecule has 2 aromatic carbocycles. The van der Waals surface area contributed by atoms with Crippen molar-refractivity contribution in [3.63, 3.8) is 0 Å². The van der Waals surface area contributed by atoms with Gasteiger partial charge >= 0.3 is 12.1 Å². The van der Waals surface area contributed by atoms with Gasteiger partial charge in [0.15, 0.2) is 0 Å². The predicted octanol–water partition coefficient (Wildman–Crippen LogP) is 6.35. The first-order valence-electron chi connectivity index (χ1n) is 13.2. The molecule has 0 radical (unpaired) electrons. The third kappa shape index (κ3) is 7.63. The number of hydrogen-bond donors (Lipinski definition) is 0. The van der Waals surface area contributed by atoms with Crippen molar-refractivity contribution in [2.75, 3.05) is 26.3 Å². The first-order chi connectivity index (χ1) is 18.2. The number of piperidine rings is 1. The van der Waals surface area contributed by atoms with E-state index in [1.807, 2.05) is 49.6 Å². The Morgan fingerprint density at radius 1 is 1.03 bits per heavy atom. The van der Waals surface area contributed by atoms with E-state index in [0.29, 0.717) is 42.1 Å². The van der Waals surface area contributed by atoms with E-state index in [0.717, 1.165) is 36.7 Å². The van der Waals surface area contributed by atoms with Gasteiger partial charge in [0, 0.05) is 24.7 Å². The Labute approximate surface area is 228 Å². The molecule has 0 unspecified atom stereocenters. The number of carbonyl (C=O) groups excluding carboxylic acids is 2. The van der Waals surface area contributed by atoms with E-state index in [-0.39, 0.29) is 19.3 Å². The van der Waals surface area contributed by atoms with E-state index >= 15 is 0 Å². The number of esters is 1. The van der Waals surface area contributed by atoms with Gasteiger partial charge in [0.1, 0.15) is 24.6 Å². The molecule has 8 nitrogen and oxygen atoms in total. The van der Waals surface area contributed by atoms with Crippen LogP contribution in [0.5, 0.6) is 5.75 Å². The fourth-order valence-corrected chi connectivity index (χ4v) is 4.74. The summed E-state index contributed by atoms with van der Waals surface area (Å²) in [7, 11) is 0. The van der Waals surface area contributed by atoms with Gasteiger partial charge in [-0.1, -0.05) is 23.7 Å². The van der Waals surface area contributed by atoms with Crippen LogP contribution in [0.15, 0.2) is 48.5 Å². The SMILES string of the molecule is CC(C)(C)OC(=O)N1CCC(CCCn2c(C(=O)OCCOc3ccc(Cl)cc3)nc3ccccc32)CC1. The molecule has 1 aliphatic rings. The molecule has 0 spiro atoms. The average Bonchev–Trinajstić information content (AvgIpc) is 3.26. The third-order valence-corrected chi connectivity index (χ3v) is 6.75. The highest BCUT2D eigenvalue weighted by Crippen LogP contribution is 2.25. The van der Waals surface area contributed by atoms with Crippen LogP contribution in [0.3, 0.4) is 0 Å². The van der Waals surface area contributed by atoms with Gasteiger partial charge in [0.25, 0.3) is 0 Å². The van der Waals surface area contributed by atoms with Crippen molar-refractivity contribution < 1.29 is 23.8 Å². The normalized spacial score (nSPS) is 14.5. The first-order valence-corrected chi connectivity index (χ1v) is 13.6. The van der Waals surface area contributed by atoms with Gasteiger partial charge in [-0.2, -0.15) is 0 Å². The van der Waals surface area contributed by atoms with Gasteiger partial charge in [-0.3, -0.25) is 0 Å². The molecule has 0 atom stereocenters. The summed E-state index contributed by atoms with van der Waals surface area (Å²) in [6.07, 6.45) is 3.58. The molecule has 1 aromatic heterocycles. The number of aryl methyl sites for hydroxylation is 1. The topological polar surface area (TPSA) is 82.9 Å². The maximum Gasteiger partial charge on any atom is 0.410 e. The number of nitrogens with zero attached hydrogens (tertiary/aromatic N) is 3. The summed E-state index contributed by atoms with van der Waals surface area (Å²) < 4.78 is 18.6.